The van der Waals surface area contributed by atoms with Crippen LogP contribution in [0.1, 0.15) is 68.6 Å². The largest absolute Gasteiger partial charge is 0.618 e. The zero-order valence-electron chi connectivity index (χ0n) is 21.8. The van der Waals surface area contributed by atoms with Gasteiger partial charge in [0.2, 0.25) is 0 Å². The summed E-state index contributed by atoms with van der Waals surface area (Å²) in [6, 6.07) is 21.6. The lowest BCUT2D eigenvalue weighted by Gasteiger charge is -2.46. The van der Waals surface area contributed by atoms with Crippen molar-refractivity contribution in [1.82, 2.24) is 4.90 Å². The number of aliphatic hydroxyl groups is 1. The maximum absolute atomic E-state index is 13.4. The average Bonchev–Trinajstić information content (AvgIpc) is 2.84. The van der Waals surface area contributed by atoms with E-state index < -0.39 is 11.2 Å². The van der Waals surface area contributed by atoms with Crippen molar-refractivity contribution < 1.29 is 19.4 Å². The van der Waals surface area contributed by atoms with Crippen molar-refractivity contribution in [3.8, 4) is 11.1 Å². The van der Waals surface area contributed by atoms with Gasteiger partial charge in [-0.05, 0) is 42.5 Å². The molecular formula is C30H36N2O4. The van der Waals surface area contributed by atoms with Gasteiger partial charge < -0.3 is 20.0 Å². The first kappa shape index (κ1) is 25.7. The number of benzene rings is 2. The molecule has 0 bridgehead atoms. The van der Waals surface area contributed by atoms with E-state index in [0.717, 1.165) is 33.4 Å². The van der Waals surface area contributed by atoms with Crippen LogP contribution < -0.4 is 4.73 Å². The number of amides is 1. The first-order valence-electron chi connectivity index (χ1n) is 12.6. The van der Waals surface area contributed by atoms with Crippen LogP contribution >= 0.6 is 0 Å². The van der Waals surface area contributed by atoms with Gasteiger partial charge in [0.25, 0.3) is 0 Å². The molecule has 1 aliphatic rings. The summed E-state index contributed by atoms with van der Waals surface area (Å²) < 4.78 is 7.11. The molecule has 0 spiro atoms. The highest BCUT2D eigenvalue weighted by atomic mass is 16.6. The van der Waals surface area contributed by atoms with E-state index in [4.69, 9.17) is 4.74 Å². The van der Waals surface area contributed by atoms with Gasteiger partial charge in [-0.2, -0.15) is 4.73 Å². The van der Waals surface area contributed by atoms with Crippen LogP contribution in [0.2, 0.25) is 0 Å². The van der Waals surface area contributed by atoms with E-state index in [9.17, 15) is 15.1 Å². The van der Waals surface area contributed by atoms with Gasteiger partial charge in [-0.3, -0.25) is 0 Å². The van der Waals surface area contributed by atoms with Crippen LogP contribution in [0.15, 0.2) is 66.7 Å². The zero-order chi connectivity index (χ0) is 26.1. The Labute approximate surface area is 213 Å². The van der Waals surface area contributed by atoms with Crippen molar-refractivity contribution in [2.75, 3.05) is 6.54 Å². The summed E-state index contributed by atoms with van der Waals surface area (Å²) in [6.45, 7) is 9.71. The molecule has 1 amide bonds. The van der Waals surface area contributed by atoms with Gasteiger partial charge in [0, 0.05) is 45.4 Å². The molecule has 0 radical (unpaired) electrons. The number of rotatable bonds is 7. The third-order valence-electron chi connectivity index (χ3n) is 7.05. The van der Waals surface area contributed by atoms with E-state index in [1.54, 1.807) is 32.6 Å². The molecule has 6 nitrogen and oxygen atoms in total. The van der Waals surface area contributed by atoms with Crippen molar-refractivity contribution in [2.45, 2.75) is 71.1 Å². The van der Waals surface area contributed by atoms with E-state index in [1.165, 1.54) is 0 Å². The van der Waals surface area contributed by atoms with Crippen molar-refractivity contribution >= 4 is 6.09 Å². The van der Waals surface area contributed by atoms with Gasteiger partial charge in [0.1, 0.15) is 5.60 Å². The molecule has 1 saturated heterocycles. The molecule has 1 aromatic heterocycles. The molecule has 1 unspecified atom stereocenters. The molecule has 1 N–H and O–H groups in total. The van der Waals surface area contributed by atoms with Crippen LogP contribution in [0.25, 0.3) is 11.1 Å². The third-order valence-corrected chi connectivity index (χ3v) is 7.05. The minimum Gasteiger partial charge on any atom is -0.618 e. The second-order valence-electron chi connectivity index (χ2n) is 10.5. The molecule has 1 aliphatic heterocycles. The fourth-order valence-corrected chi connectivity index (χ4v) is 5.41. The lowest BCUT2D eigenvalue weighted by atomic mass is 9.80. The van der Waals surface area contributed by atoms with E-state index in [2.05, 4.69) is 19.1 Å². The second kappa shape index (κ2) is 9.94. The van der Waals surface area contributed by atoms with Crippen molar-refractivity contribution in [3.05, 3.63) is 94.5 Å². The number of aryl methyl sites for hydroxylation is 2. The predicted octanol–water partition coefficient (Wildman–Crippen LogP) is 5.95. The standard InChI is InChI=1S/C30H36N2O4/c1-6-27(24-14-12-23(13-15-24)25-18-21(2)32(35)22(3)19-25)31-17-16-30(36-28(31)33,20-29(4,5)34)26-10-8-7-9-11-26/h7-15,18-19,27,34H,6,16-17,20H2,1-5H3/t27-,30?/m0/s1. The van der Waals surface area contributed by atoms with Gasteiger partial charge in [-0.15, -0.1) is 0 Å². The first-order valence-corrected chi connectivity index (χ1v) is 12.6. The van der Waals surface area contributed by atoms with Gasteiger partial charge in [-0.25, -0.2) is 4.79 Å². The van der Waals surface area contributed by atoms with Gasteiger partial charge in [0.15, 0.2) is 11.4 Å². The molecular weight excluding hydrogens is 452 g/mol. The molecule has 1 fully saturated rings. The second-order valence-corrected chi connectivity index (χ2v) is 10.5. The minimum atomic E-state index is -0.988. The normalized spacial score (nSPS) is 19.2. The van der Waals surface area contributed by atoms with Crippen molar-refractivity contribution in [2.24, 2.45) is 0 Å². The molecule has 2 atom stereocenters. The van der Waals surface area contributed by atoms with E-state index in [1.807, 2.05) is 54.6 Å². The number of cyclic esters (lactones) is 1. The molecule has 36 heavy (non-hydrogen) atoms. The Kier molecular flexibility index (Phi) is 7.10. The van der Waals surface area contributed by atoms with E-state index in [0.29, 0.717) is 30.8 Å². The molecule has 0 aliphatic carbocycles. The van der Waals surface area contributed by atoms with Gasteiger partial charge >= 0.3 is 6.09 Å². The lowest BCUT2D eigenvalue weighted by molar-refractivity contribution is -0.619. The number of hydrogen-bond acceptors (Lipinski definition) is 4. The Hall–Kier alpha value is -3.38. The highest BCUT2D eigenvalue weighted by molar-refractivity contribution is 5.70. The molecule has 2 aromatic carbocycles. The van der Waals surface area contributed by atoms with Crippen LogP contribution in [0.5, 0.6) is 0 Å². The van der Waals surface area contributed by atoms with Crippen LogP contribution in [0, 0.1) is 19.1 Å². The number of ether oxygens (including phenoxy) is 1. The summed E-state index contributed by atoms with van der Waals surface area (Å²) in [6.07, 6.45) is 1.31. The third kappa shape index (κ3) is 5.24. The topological polar surface area (TPSA) is 76.7 Å². The fraction of sp³-hybridized carbons (Fsp3) is 0.400. The fourth-order valence-electron chi connectivity index (χ4n) is 5.41. The SMILES string of the molecule is CC[C@@H](c1ccc(-c2cc(C)[n+]([O-])c(C)c2)cc1)N1CCC(CC(C)(C)O)(c2ccccc2)OC1=O. The van der Waals surface area contributed by atoms with Crippen LogP contribution in [0.4, 0.5) is 4.79 Å². The Bertz CT molecular complexity index is 1190. The van der Waals surface area contributed by atoms with Crippen molar-refractivity contribution in [1.29, 1.82) is 0 Å². The van der Waals surface area contributed by atoms with Crippen LogP contribution in [-0.4, -0.2) is 28.2 Å². The molecule has 0 saturated carbocycles. The maximum atomic E-state index is 13.4. The van der Waals surface area contributed by atoms with E-state index in [-0.39, 0.29) is 12.1 Å². The predicted molar refractivity (Wildman–Crippen MR) is 140 cm³/mol. The summed E-state index contributed by atoms with van der Waals surface area (Å²) in [5.41, 5.74) is 3.42. The lowest BCUT2D eigenvalue weighted by Crippen LogP contribution is -2.51. The van der Waals surface area contributed by atoms with Gasteiger partial charge in [-0.1, -0.05) is 61.5 Å². The Morgan fingerprint density at radius 1 is 1.06 bits per heavy atom. The number of pyridine rings is 1. The quantitative estimate of drug-likeness (QED) is 0.329. The Morgan fingerprint density at radius 2 is 1.67 bits per heavy atom. The molecule has 3 aromatic rings. The van der Waals surface area contributed by atoms with Gasteiger partial charge in [0.05, 0.1) is 11.6 Å². The van der Waals surface area contributed by atoms with Crippen LogP contribution in [0.3, 0.4) is 0 Å². The molecule has 4 rings (SSSR count). The Morgan fingerprint density at radius 3 is 2.19 bits per heavy atom. The first-order chi connectivity index (χ1) is 17.0. The number of nitrogens with zero attached hydrogens (tertiary/aromatic N) is 2. The van der Waals surface area contributed by atoms with Crippen LogP contribution in [-0.2, 0) is 10.3 Å². The summed E-state index contributed by atoms with van der Waals surface area (Å²) in [7, 11) is 0. The highest BCUT2D eigenvalue weighted by Crippen LogP contribution is 2.43. The monoisotopic (exact) mass is 488 g/mol. The number of aromatic nitrogens is 1. The van der Waals surface area contributed by atoms with Crippen molar-refractivity contribution in [3.63, 3.8) is 0 Å². The smallest absolute Gasteiger partial charge is 0.411 e. The average molecular weight is 489 g/mol. The summed E-state index contributed by atoms with van der Waals surface area (Å²) in [4.78, 5) is 15.2. The molecule has 6 heteroatoms. The van der Waals surface area contributed by atoms with E-state index >= 15 is 0 Å². The molecule has 190 valence electrons. The zero-order valence-corrected chi connectivity index (χ0v) is 21.8. The number of carbonyl (C=O) groups is 1. The molecule has 2 heterocycles. The summed E-state index contributed by atoms with van der Waals surface area (Å²) >= 11 is 0. The Balaban J connectivity index is 1.58. The summed E-state index contributed by atoms with van der Waals surface area (Å²) in [5, 5.41) is 22.6. The number of hydrogen-bond donors (Lipinski definition) is 1. The maximum Gasteiger partial charge on any atom is 0.411 e. The number of carbonyl (C=O) groups excluding carboxylic acids is 1. The highest BCUT2D eigenvalue weighted by Gasteiger charge is 2.46. The minimum absolute atomic E-state index is 0.120. The summed E-state index contributed by atoms with van der Waals surface area (Å²) in [5.74, 6) is 0.